The van der Waals surface area contributed by atoms with Crippen molar-refractivity contribution in [1.82, 2.24) is 0 Å². The van der Waals surface area contributed by atoms with Crippen LogP contribution in [-0.4, -0.2) is 0 Å². The number of hydrogen-bond acceptors (Lipinski definition) is 1. The molecule has 0 saturated carbocycles. The van der Waals surface area contributed by atoms with Gasteiger partial charge >= 0.3 is 0 Å². The normalized spacial score (nSPS) is 11.3. The van der Waals surface area contributed by atoms with E-state index in [9.17, 15) is 0 Å². The minimum atomic E-state index is 0.938. The zero-order valence-electron chi connectivity index (χ0n) is 11.6. The number of rotatable bonds is 1. The zero-order valence-corrected chi connectivity index (χ0v) is 13.1. The number of furan rings is 1. The molecular weight excluding hydrogens is 324 g/mol. The Morgan fingerprint density at radius 3 is 2.48 bits per heavy atom. The Kier molecular flexibility index (Phi) is 2.86. The number of halogens is 1. The second-order valence-corrected chi connectivity index (χ2v) is 6.05. The van der Waals surface area contributed by atoms with Crippen molar-refractivity contribution in [2.75, 3.05) is 0 Å². The Hall–Kier alpha value is -2.06. The van der Waals surface area contributed by atoms with Gasteiger partial charge < -0.3 is 4.42 Å². The summed E-state index contributed by atoms with van der Waals surface area (Å²) in [5.74, 6) is 0. The molecule has 0 aliphatic rings. The highest BCUT2D eigenvalue weighted by Crippen LogP contribution is 2.39. The molecule has 4 aromatic rings. The molecule has 4 rings (SSSR count). The first-order chi connectivity index (χ1) is 10.3. The summed E-state index contributed by atoms with van der Waals surface area (Å²) in [7, 11) is 0. The predicted octanol–water partition coefficient (Wildman–Crippen LogP) is 6.32. The zero-order chi connectivity index (χ0) is 14.4. The van der Waals surface area contributed by atoms with Crippen LogP contribution in [0.2, 0.25) is 0 Å². The van der Waals surface area contributed by atoms with Crippen LogP contribution in [0.25, 0.3) is 33.1 Å². The maximum atomic E-state index is 6.10. The summed E-state index contributed by atoms with van der Waals surface area (Å²) < 4.78 is 7.18. The molecule has 2 heteroatoms. The molecule has 3 aromatic carbocycles. The second-order valence-electron chi connectivity index (χ2n) is 5.20. The van der Waals surface area contributed by atoms with Gasteiger partial charge in [-0.15, -0.1) is 0 Å². The predicted molar refractivity (Wildman–Crippen MR) is 91.6 cm³/mol. The van der Waals surface area contributed by atoms with Gasteiger partial charge in [-0.25, -0.2) is 0 Å². The first-order valence-electron chi connectivity index (χ1n) is 6.91. The maximum Gasteiger partial charge on any atom is 0.139 e. The average Bonchev–Trinajstić information content (AvgIpc) is 2.91. The van der Waals surface area contributed by atoms with Crippen molar-refractivity contribution >= 4 is 37.9 Å². The van der Waals surface area contributed by atoms with E-state index in [2.05, 4.69) is 71.4 Å². The molecule has 0 unspecified atom stereocenters. The molecule has 102 valence electrons. The lowest BCUT2D eigenvalue weighted by molar-refractivity contribution is 0.665. The van der Waals surface area contributed by atoms with Crippen LogP contribution in [0.15, 0.2) is 69.6 Å². The lowest BCUT2D eigenvalue weighted by Crippen LogP contribution is -1.79. The van der Waals surface area contributed by atoms with Crippen LogP contribution in [0.4, 0.5) is 0 Å². The van der Waals surface area contributed by atoms with Crippen LogP contribution >= 0.6 is 15.9 Å². The minimum absolute atomic E-state index is 0.938. The van der Waals surface area contributed by atoms with Gasteiger partial charge in [0.2, 0.25) is 0 Å². The van der Waals surface area contributed by atoms with Gasteiger partial charge in [-0.1, -0.05) is 58.4 Å². The fraction of sp³-hybridized carbons (Fsp3) is 0.0526. The van der Waals surface area contributed by atoms with E-state index in [1.807, 2.05) is 12.1 Å². The van der Waals surface area contributed by atoms with Crippen LogP contribution in [0, 0.1) is 6.92 Å². The molecule has 0 amide bonds. The molecule has 0 radical (unpaired) electrons. The Balaban J connectivity index is 2.17. The van der Waals surface area contributed by atoms with Crippen molar-refractivity contribution in [3.63, 3.8) is 0 Å². The third-order valence-electron chi connectivity index (χ3n) is 3.93. The van der Waals surface area contributed by atoms with Crippen LogP contribution < -0.4 is 0 Å². The van der Waals surface area contributed by atoms with Gasteiger partial charge in [-0.05, 0) is 36.2 Å². The van der Waals surface area contributed by atoms with Gasteiger partial charge in [-0.3, -0.25) is 0 Å². The van der Waals surface area contributed by atoms with Crippen molar-refractivity contribution in [3.8, 4) is 11.1 Å². The highest BCUT2D eigenvalue weighted by Gasteiger charge is 2.14. The Morgan fingerprint density at radius 2 is 1.67 bits per heavy atom. The molecule has 1 heterocycles. The van der Waals surface area contributed by atoms with Crippen molar-refractivity contribution in [2.24, 2.45) is 0 Å². The smallest absolute Gasteiger partial charge is 0.139 e. The van der Waals surface area contributed by atoms with Crippen LogP contribution in [0.5, 0.6) is 0 Å². The second kappa shape index (κ2) is 4.74. The van der Waals surface area contributed by atoms with Crippen LogP contribution in [0.3, 0.4) is 0 Å². The van der Waals surface area contributed by atoms with E-state index in [4.69, 9.17) is 4.42 Å². The summed E-state index contributed by atoms with van der Waals surface area (Å²) >= 11 is 3.58. The third-order valence-corrected chi connectivity index (χ3v) is 4.79. The van der Waals surface area contributed by atoms with Gasteiger partial charge in [0.15, 0.2) is 0 Å². The van der Waals surface area contributed by atoms with Crippen LogP contribution in [0.1, 0.15) is 5.56 Å². The van der Waals surface area contributed by atoms with E-state index in [-0.39, 0.29) is 0 Å². The number of benzene rings is 3. The molecule has 1 nitrogen and oxygen atoms in total. The molecule has 0 N–H and O–H groups in total. The first kappa shape index (κ1) is 12.7. The van der Waals surface area contributed by atoms with Crippen LogP contribution in [-0.2, 0) is 0 Å². The standard InChI is InChI=1S/C19H13BrO/c1-12-16(20)11-10-15-18-14(13-6-3-2-4-7-13)8-5-9-17(18)21-19(12)15/h2-11H,1H3. The van der Waals surface area contributed by atoms with E-state index in [0.717, 1.165) is 21.2 Å². The summed E-state index contributed by atoms with van der Waals surface area (Å²) in [6.45, 7) is 2.08. The van der Waals surface area contributed by atoms with Gasteiger partial charge in [-0.2, -0.15) is 0 Å². The Morgan fingerprint density at radius 1 is 0.857 bits per heavy atom. The fourth-order valence-electron chi connectivity index (χ4n) is 2.86. The molecule has 1 aromatic heterocycles. The average molecular weight is 337 g/mol. The summed E-state index contributed by atoms with van der Waals surface area (Å²) in [5, 5.41) is 2.36. The molecule has 0 atom stereocenters. The highest BCUT2D eigenvalue weighted by molar-refractivity contribution is 9.10. The fourth-order valence-corrected chi connectivity index (χ4v) is 3.17. The van der Waals surface area contributed by atoms with E-state index in [1.165, 1.54) is 21.9 Å². The van der Waals surface area contributed by atoms with Gasteiger partial charge in [0.05, 0.1) is 0 Å². The first-order valence-corrected chi connectivity index (χ1v) is 7.71. The Bertz CT molecular complexity index is 952. The van der Waals surface area contributed by atoms with Gasteiger partial charge in [0, 0.05) is 20.8 Å². The SMILES string of the molecule is Cc1c(Br)ccc2c1oc1cccc(-c3ccccc3)c12. The van der Waals surface area contributed by atoms with E-state index >= 15 is 0 Å². The summed E-state index contributed by atoms with van der Waals surface area (Å²) in [5.41, 5.74) is 5.47. The molecule has 0 fully saturated rings. The monoisotopic (exact) mass is 336 g/mol. The molecule has 0 aliphatic carbocycles. The van der Waals surface area contributed by atoms with E-state index < -0.39 is 0 Å². The van der Waals surface area contributed by atoms with E-state index in [1.54, 1.807) is 0 Å². The number of hydrogen-bond donors (Lipinski definition) is 0. The summed E-state index contributed by atoms with van der Waals surface area (Å²) in [6.07, 6.45) is 0. The molecule has 0 spiro atoms. The van der Waals surface area contributed by atoms with Crippen molar-refractivity contribution in [1.29, 1.82) is 0 Å². The van der Waals surface area contributed by atoms with Crippen molar-refractivity contribution < 1.29 is 4.42 Å². The maximum absolute atomic E-state index is 6.10. The highest BCUT2D eigenvalue weighted by atomic mass is 79.9. The lowest BCUT2D eigenvalue weighted by atomic mass is 9.99. The molecule has 0 saturated heterocycles. The quantitative estimate of drug-likeness (QED) is 0.396. The minimum Gasteiger partial charge on any atom is -0.456 e. The topological polar surface area (TPSA) is 13.1 Å². The summed E-state index contributed by atoms with van der Waals surface area (Å²) in [4.78, 5) is 0. The molecule has 0 aliphatic heterocycles. The van der Waals surface area contributed by atoms with Crippen molar-refractivity contribution in [3.05, 3.63) is 70.7 Å². The summed E-state index contributed by atoms with van der Waals surface area (Å²) in [6, 6.07) is 20.9. The number of aryl methyl sites for hydroxylation is 1. The molecule has 0 bridgehead atoms. The molecular formula is C19H13BrO. The van der Waals surface area contributed by atoms with Crippen molar-refractivity contribution in [2.45, 2.75) is 6.92 Å². The van der Waals surface area contributed by atoms with Gasteiger partial charge in [0.1, 0.15) is 11.2 Å². The lowest BCUT2D eigenvalue weighted by Gasteiger charge is -2.03. The van der Waals surface area contributed by atoms with E-state index in [0.29, 0.717) is 0 Å². The largest absolute Gasteiger partial charge is 0.456 e. The number of fused-ring (bicyclic) bond motifs is 3. The Labute approximate surface area is 131 Å². The third kappa shape index (κ3) is 1.90. The van der Waals surface area contributed by atoms with Gasteiger partial charge in [0.25, 0.3) is 0 Å². The molecule has 21 heavy (non-hydrogen) atoms.